The van der Waals surface area contributed by atoms with E-state index in [9.17, 15) is 4.79 Å². The molecule has 7 nitrogen and oxygen atoms in total. The number of ether oxygens (including phenoxy) is 2. The van der Waals surface area contributed by atoms with Gasteiger partial charge >= 0.3 is 0 Å². The third-order valence-electron chi connectivity index (χ3n) is 5.62. The highest BCUT2D eigenvalue weighted by Crippen LogP contribution is 2.35. The maximum absolute atomic E-state index is 12.1. The maximum Gasteiger partial charge on any atom is 0.222 e. The number of nitrogens with zero attached hydrogens (tertiary/aromatic N) is 2. The average molecular weight is 544 g/mol. The van der Waals surface area contributed by atoms with E-state index in [2.05, 4.69) is 36.6 Å². The molecular formula is C23H37IN4O3. The zero-order valence-corrected chi connectivity index (χ0v) is 21.4. The summed E-state index contributed by atoms with van der Waals surface area (Å²) < 4.78 is 11.5. The number of rotatable bonds is 8. The third-order valence-corrected chi connectivity index (χ3v) is 5.62. The molecule has 1 aromatic rings. The minimum Gasteiger partial charge on any atom is -0.496 e. The quantitative estimate of drug-likeness (QED) is 0.227. The third kappa shape index (κ3) is 7.43. The second-order valence-corrected chi connectivity index (χ2v) is 8.07. The highest BCUT2D eigenvalue weighted by Gasteiger charge is 2.21. The molecular weight excluding hydrogens is 507 g/mol. The second kappa shape index (κ2) is 13.0. The van der Waals surface area contributed by atoms with E-state index in [1.807, 2.05) is 4.90 Å². The van der Waals surface area contributed by atoms with Gasteiger partial charge in [-0.1, -0.05) is 6.42 Å². The molecule has 31 heavy (non-hydrogen) atoms. The van der Waals surface area contributed by atoms with E-state index in [0.717, 1.165) is 81.3 Å². The summed E-state index contributed by atoms with van der Waals surface area (Å²) in [5, 5.41) is 6.68. The zero-order valence-electron chi connectivity index (χ0n) is 19.0. The number of likely N-dealkylation sites (tertiary alicyclic amines) is 1. The van der Waals surface area contributed by atoms with Crippen LogP contribution in [0, 0.1) is 0 Å². The van der Waals surface area contributed by atoms with Crippen LogP contribution in [-0.2, 0) is 17.8 Å². The van der Waals surface area contributed by atoms with Gasteiger partial charge in [-0.15, -0.1) is 24.0 Å². The minimum atomic E-state index is 0. The molecule has 174 valence electrons. The lowest BCUT2D eigenvalue weighted by atomic mass is 10.1. The van der Waals surface area contributed by atoms with Gasteiger partial charge in [-0.05, 0) is 45.2 Å². The van der Waals surface area contributed by atoms with Crippen molar-refractivity contribution in [2.24, 2.45) is 4.99 Å². The van der Waals surface area contributed by atoms with Gasteiger partial charge in [0.1, 0.15) is 17.6 Å². The van der Waals surface area contributed by atoms with Crippen LogP contribution in [-0.4, -0.2) is 56.2 Å². The van der Waals surface area contributed by atoms with Crippen molar-refractivity contribution in [1.82, 2.24) is 15.5 Å². The van der Waals surface area contributed by atoms with Gasteiger partial charge in [0.15, 0.2) is 5.96 Å². The lowest BCUT2D eigenvalue weighted by Gasteiger charge is -2.20. The number of hydrogen-bond acceptors (Lipinski definition) is 4. The number of amides is 1. The molecule has 1 saturated heterocycles. The lowest BCUT2D eigenvalue weighted by molar-refractivity contribution is -0.130. The Balaban J connectivity index is 0.00000341. The van der Waals surface area contributed by atoms with E-state index in [1.165, 1.54) is 5.56 Å². The molecule has 0 bridgehead atoms. The molecule has 0 aliphatic carbocycles. The molecule has 1 unspecified atom stereocenters. The standard InChI is InChI=1S/C23H36N4O3.HI/c1-4-24-23(25-10-8-12-27-11-7-5-6-9-22(27)28)26-16-19-15-21-18(13-17(2)30-21)14-20(19)29-3;/h14-15,17H,4-13,16H2,1-3H3,(H2,24,25,26);1H. The SMILES string of the molecule is CCNC(=NCc1cc2c(cc1OC)CC(C)O2)NCCCN1CCCCCC1=O.I. The molecule has 1 fully saturated rings. The molecule has 8 heteroatoms. The number of benzene rings is 1. The van der Waals surface area contributed by atoms with E-state index in [1.54, 1.807) is 7.11 Å². The molecule has 3 rings (SSSR count). The van der Waals surface area contributed by atoms with Crippen molar-refractivity contribution in [2.75, 3.05) is 33.3 Å². The maximum atomic E-state index is 12.1. The summed E-state index contributed by atoms with van der Waals surface area (Å²) in [5.74, 6) is 2.86. The highest BCUT2D eigenvalue weighted by molar-refractivity contribution is 14.0. The molecule has 2 aliphatic heterocycles. The van der Waals surface area contributed by atoms with Gasteiger partial charge in [0.25, 0.3) is 0 Å². The Morgan fingerprint density at radius 1 is 1.29 bits per heavy atom. The molecule has 1 amide bonds. The predicted molar refractivity (Wildman–Crippen MR) is 135 cm³/mol. The number of halogens is 1. The first-order valence-electron chi connectivity index (χ1n) is 11.3. The minimum absolute atomic E-state index is 0. The Morgan fingerprint density at radius 3 is 2.90 bits per heavy atom. The first-order chi connectivity index (χ1) is 14.6. The fraction of sp³-hybridized carbons (Fsp3) is 0.652. The van der Waals surface area contributed by atoms with Crippen LogP contribution in [0.2, 0.25) is 0 Å². The number of carbonyl (C=O) groups is 1. The topological polar surface area (TPSA) is 75.2 Å². The van der Waals surface area contributed by atoms with Crippen molar-refractivity contribution >= 4 is 35.8 Å². The predicted octanol–water partition coefficient (Wildman–Crippen LogP) is 3.48. The number of hydrogen-bond donors (Lipinski definition) is 2. The monoisotopic (exact) mass is 544 g/mol. The number of carbonyl (C=O) groups excluding carboxylic acids is 1. The molecule has 2 aliphatic rings. The van der Waals surface area contributed by atoms with Gasteiger partial charge in [-0.25, -0.2) is 4.99 Å². The second-order valence-electron chi connectivity index (χ2n) is 8.07. The number of methoxy groups -OCH3 is 1. The molecule has 0 saturated carbocycles. The summed E-state index contributed by atoms with van der Waals surface area (Å²) in [6, 6.07) is 4.12. The fourth-order valence-corrected chi connectivity index (χ4v) is 4.05. The first-order valence-corrected chi connectivity index (χ1v) is 11.3. The highest BCUT2D eigenvalue weighted by atomic mass is 127. The van der Waals surface area contributed by atoms with Crippen molar-refractivity contribution in [3.63, 3.8) is 0 Å². The van der Waals surface area contributed by atoms with Gasteiger partial charge in [0.2, 0.25) is 5.91 Å². The van der Waals surface area contributed by atoms with Crippen LogP contribution in [0.5, 0.6) is 11.5 Å². The summed E-state index contributed by atoms with van der Waals surface area (Å²) >= 11 is 0. The largest absolute Gasteiger partial charge is 0.496 e. The summed E-state index contributed by atoms with van der Waals surface area (Å²) in [5.41, 5.74) is 2.21. The van der Waals surface area contributed by atoms with Crippen LogP contribution in [0.15, 0.2) is 17.1 Å². The van der Waals surface area contributed by atoms with Crippen molar-refractivity contribution in [2.45, 2.75) is 65.0 Å². The van der Waals surface area contributed by atoms with Crippen LogP contribution in [0.1, 0.15) is 57.1 Å². The van der Waals surface area contributed by atoms with Crippen molar-refractivity contribution in [3.05, 3.63) is 23.3 Å². The Morgan fingerprint density at radius 2 is 2.13 bits per heavy atom. The van der Waals surface area contributed by atoms with Crippen molar-refractivity contribution < 1.29 is 14.3 Å². The Kier molecular flexibility index (Phi) is 10.7. The van der Waals surface area contributed by atoms with Gasteiger partial charge in [-0.3, -0.25) is 4.79 Å². The molecule has 0 spiro atoms. The summed E-state index contributed by atoms with van der Waals surface area (Å²) in [6.45, 7) is 7.91. The van der Waals surface area contributed by atoms with Gasteiger partial charge in [0.05, 0.1) is 13.7 Å². The Bertz CT molecular complexity index is 757. The number of nitrogens with one attached hydrogen (secondary N) is 2. The van der Waals surface area contributed by atoms with E-state index < -0.39 is 0 Å². The number of guanidine groups is 1. The molecule has 2 heterocycles. The van der Waals surface area contributed by atoms with Crippen molar-refractivity contribution in [3.8, 4) is 11.5 Å². The lowest BCUT2D eigenvalue weighted by Crippen LogP contribution is -2.39. The number of aliphatic imine (C=N–C) groups is 1. The summed E-state index contributed by atoms with van der Waals surface area (Å²) in [6.07, 6.45) is 6.04. The molecule has 0 radical (unpaired) electrons. The van der Waals surface area contributed by atoms with Crippen LogP contribution in [0.3, 0.4) is 0 Å². The van der Waals surface area contributed by atoms with E-state index in [4.69, 9.17) is 14.5 Å². The van der Waals surface area contributed by atoms with Crippen LogP contribution >= 0.6 is 24.0 Å². The Labute approximate surface area is 203 Å². The van der Waals surface area contributed by atoms with E-state index in [0.29, 0.717) is 18.9 Å². The van der Waals surface area contributed by atoms with Crippen LogP contribution in [0.25, 0.3) is 0 Å². The van der Waals surface area contributed by atoms with Crippen LogP contribution in [0.4, 0.5) is 0 Å². The van der Waals surface area contributed by atoms with Gasteiger partial charge < -0.3 is 25.0 Å². The zero-order chi connectivity index (χ0) is 21.3. The average Bonchev–Trinajstić information content (AvgIpc) is 2.97. The van der Waals surface area contributed by atoms with Gasteiger partial charge in [-0.2, -0.15) is 0 Å². The fourth-order valence-electron chi connectivity index (χ4n) is 4.05. The molecule has 1 aromatic carbocycles. The summed E-state index contributed by atoms with van der Waals surface area (Å²) in [4.78, 5) is 18.9. The number of fused-ring (bicyclic) bond motifs is 1. The van der Waals surface area contributed by atoms with E-state index in [-0.39, 0.29) is 30.1 Å². The van der Waals surface area contributed by atoms with Gasteiger partial charge in [0, 0.05) is 50.1 Å². The molecule has 1 atom stereocenters. The normalized spacial score (nSPS) is 18.5. The summed E-state index contributed by atoms with van der Waals surface area (Å²) in [7, 11) is 1.70. The Hall–Kier alpha value is -1.71. The first kappa shape index (κ1) is 25.5. The van der Waals surface area contributed by atoms with E-state index >= 15 is 0 Å². The molecule has 0 aromatic heterocycles. The smallest absolute Gasteiger partial charge is 0.222 e. The molecule has 2 N–H and O–H groups in total. The van der Waals surface area contributed by atoms with Crippen molar-refractivity contribution in [1.29, 1.82) is 0 Å². The van der Waals surface area contributed by atoms with Crippen LogP contribution < -0.4 is 20.1 Å².